The summed E-state index contributed by atoms with van der Waals surface area (Å²) in [4.78, 5) is 29.7. The summed E-state index contributed by atoms with van der Waals surface area (Å²) < 4.78 is 6.71. The van der Waals surface area contributed by atoms with Crippen molar-refractivity contribution in [2.24, 2.45) is 0 Å². The van der Waals surface area contributed by atoms with Crippen LogP contribution in [0.2, 0.25) is 0 Å². The highest BCUT2D eigenvalue weighted by molar-refractivity contribution is 5.99. The molecule has 0 bridgehead atoms. The van der Waals surface area contributed by atoms with Crippen LogP contribution in [0.4, 0.5) is 16.2 Å². The molecule has 7 nitrogen and oxygen atoms in total. The van der Waals surface area contributed by atoms with Gasteiger partial charge in [-0.05, 0) is 55.5 Å². The smallest absolute Gasteiger partial charge is 0.323 e. The Morgan fingerprint density at radius 3 is 2.43 bits per heavy atom. The largest absolute Gasteiger partial charge is 0.497 e. The molecule has 0 saturated carbocycles. The van der Waals surface area contributed by atoms with Gasteiger partial charge in [-0.3, -0.25) is 9.36 Å². The maximum absolute atomic E-state index is 12.9. The summed E-state index contributed by atoms with van der Waals surface area (Å²) in [6.45, 7) is 1.79. The van der Waals surface area contributed by atoms with Crippen molar-refractivity contribution in [3.8, 4) is 11.4 Å². The summed E-state index contributed by atoms with van der Waals surface area (Å²) in [5, 5.41) is 6.08. The molecule has 4 rings (SSSR count). The minimum atomic E-state index is -0.378. The van der Waals surface area contributed by atoms with E-state index in [1.807, 2.05) is 18.2 Å². The van der Waals surface area contributed by atoms with E-state index in [2.05, 4.69) is 15.6 Å². The van der Waals surface area contributed by atoms with Crippen molar-refractivity contribution in [1.29, 1.82) is 0 Å². The van der Waals surface area contributed by atoms with Gasteiger partial charge in [0.25, 0.3) is 5.56 Å². The van der Waals surface area contributed by atoms with Crippen LogP contribution in [0.25, 0.3) is 16.6 Å². The van der Waals surface area contributed by atoms with E-state index in [1.54, 1.807) is 73.2 Å². The van der Waals surface area contributed by atoms with Gasteiger partial charge in [-0.1, -0.05) is 18.2 Å². The fourth-order valence-electron chi connectivity index (χ4n) is 3.24. The normalized spacial score (nSPS) is 10.6. The molecule has 0 saturated heterocycles. The predicted octanol–water partition coefficient (Wildman–Crippen LogP) is 4.35. The fourth-order valence-corrected chi connectivity index (χ4v) is 3.24. The van der Waals surface area contributed by atoms with Gasteiger partial charge in [0, 0.05) is 17.4 Å². The Hall–Kier alpha value is -4.13. The number of anilines is 2. The number of fused-ring (bicyclic) bond motifs is 1. The average Bonchev–Trinajstić information content (AvgIpc) is 2.75. The summed E-state index contributed by atoms with van der Waals surface area (Å²) in [5.41, 5.74) is 2.43. The second kappa shape index (κ2) is 8.08. The van der Waals surface area contributed by atoms with Crippen LogP contribution >= 0.6 is 0 Å². The number of benzene rings is 3. The van der Waals surface area contributed by atoms with Crippen molar-refractivity contribution in [2.75, 3.05) is 17.7 Å². The van der Waals surface area contributed by atoms with Gasteiger partial charge in [-0.25, -0.2) is 9.78 Å². The molecule has 2 amide bonds. The van der Waals surface area contributed by atoms with E-state index in [-0.39, 0.29) is 11.6 Å². The number of ether oxygens (including phenoxy) is 1. The third-order valence-corrected chi connectivity index (χ3v) is 4.65. The summed E-state index contributed by atoms with van der Waals surface area (Å²) in [7, 11) is 1.57. The number of hydrogen-bond donors (Lipinski definition) is 2. The number of carbonyl (C=O) groups excluding carboxylic acids is 1. The molecular weight excluding hydrogens is 380 g/mol. The Bertz CT molecular complexity index is 1280. The third kappa shape index (κ3) is 3.86. The Morgan fingerprint density at radius 1 is 0.933 bits per heavy atom. The molecule has 4 aromatic rings. The van der Waals surface area contributed by atoms with Gasteiger partial charge in [0.2, 0.25) is 0 Å². The van der Waals surface area contributed by atoms with Gasteiger partial charge in [-0.15, -0.1) is 0 Å². The summed E-state index contributed by atoms with van der Waals surface area (Å²) in [6, 6.07) is 21.0. The van der Waals surface area contributed by atoms with Gasteiger partial charge in [0.1, 0.15) is 11.6 Å². The molecule has 0 unspecified atom stereocenters. The lowest BCUT2D eigenvalue weighted by molar-refractivity contribution is 0.262. The lowest BCUT2D eigenvalue weighted by Crippen LogP contribution is -2.22. The van der Waals surface area contributed by atoms with Gasteiger partial charge in [-0.2, -0.15) is 0 Å². The lowest BCUT2D eigenvalue weighted by Gasteiger charge is -2.12. The van der Waals surface area contributed by atoms with E-state index in [9.17, 15) is 9.59 Å². The van der Waals surface area contributed by atoms with Crippen molar-refractivity contribution >= 4 is 28.3 Å². The maximum atomic E-state index is 12.9. The molecule has 0 fully saturated rings. The van der Waals surface area contributed by atoms with E-state index < -0.39 is 0 Å². The number of nitrogens with one attached hydrogen (secondary N) is 2. The number of aryl methyl sites for hydroxylation is 1. The van der Waals surface area contributed by atoms with Crippen molar-refractivity contribution in [3.63, 3.8) is 0 Å². The Morgan fingerprint density at radius 2 is 1.67 bits per heavy atom. The SMILES string of the molecule is COc1cccc(NC(=O)Nc2ccc(-n3c(C)nc4ccccc4c3=O)cc2)c1. The molecule has 30 heavy (non-hydrogen) atoms. The quantitative estimate of drug-likeness (QED) is 0.533. The van der Waals surface area contributed by atoms with Crippen molar-refractivity contribution < 1.29 is 9.53 Å². The molecule has 150 valence electrons. The number of para-hydroxylation sites is 1. The van der Waals surface area contributed by atoms with Crippen LogP contribution in [-0.4, -0.2) is 22.7 Å². The van der Waals surface area contributed by atoms with Crippen molar-refractivity contribution in [2.45, 2.75) is 6.92 Å². The summed E-state index contributed by atoms with van der Waals surface area (Å²) in [5.74, 6) is 1.25. The minimum absolute atomic E-state index is 0.130. The minimum Gasteiger partial charge on any atom is -0.497 e. The van der Waals surface area contributed by atoms with Gasteiger partial charge in [0.05, 0.1) is 23.7 Å². The van der Waals surface area contributed by atoms with Gasteiger partial charge in [0.15, 0.2) is 0 Å². The summed E-state index contributed by atoms with van der Waals surface area (Å²) >= 11 is 0. The maximum Gasteiger partial charge on any atom is 0.323 e. The molecule has 0 aliphatic heterocycles. The van der Waals surface area contributed by atoms with Crippen LogP contribution in [0.15, 0.2) is 77.6 Å². The van der Waals surface area contributed by atoms with Crippen LogP contribution in [0.1, 0.15) is 5.82 Å². The number of hydrogen-bond acceptors (Lipinski definition) is 4. The number of aromatic nitrogens is 2. The van der Waals surface area contributed by atoms with E-state index in [4.69, 9.17) is 4.74 Å². The van der Waals surface area contributed by atoms with E-state index in [0.29, 0.717) is 39.5 Å². The zero-order valence-electron chi connectivity index (χ0n) is 16.5. The lowest BCUT2D eigenvalue weighted by atomic mass is 10.2. The highest BCUT2D eigenvalue weighted by Crippen LogP contribution is 2.18. The first-order valence-electron chi connectivity index (χ1n) is 9.36. The first-order chi connectivity index (χ1) is 14.5. The first-order valence-corrected chi connectivity index (χ1v) is 9.36. The Labute approximate surface area is 173 Å². The predicted molar refractivity (Wildman–Crippen MR) is 118 cm³/mol. The molecule has 7 heteroatoms. The third-order valence-electron chi connectivity index (χ3n) is 4.65. The zero-order valence-corrected chi connectivity index (χ0v) is 16.5. The number of amides is 2. The molecule has 2 N–H and O–H groups in total. The van der Waals surface area contributed by atoms with E-state index in [1.165, 1.54) is 0 Å². The molecule has 0 radical (unpaired) electrons. The molecule has 3 aromatic carbocycles. The number of nitrogens with zero attached hydrogens (tertiary/aromatic N) is 2. The molecule has 0 aliphatic carbocycles. The Kier molecular flexibility index (Phi) is 5.17. The zero-order chi connectivity index (χ0) is 21.1. The molecule has 0 spiro atoms. The summed E-state index contributed by atoms with van der Waals surface area (Å²) in [6.07, 6.45) is 0. The second-order valence-corrected chi connectivity index (χ2v) is 6.67. The van der Waals surface area contributed by atoms with Gasteiger partial charge < -0.3 is 15.4 Å². The number of urea groups is 1. The molecule has 1 heterocycles. The first kappa shape index (κ1) is 19.2. The molecule has 1 aromatic heterocycles. The topological polar surface area (TPSA) is 85.2 Å². The van der Waals surface area contributed by atoms with Crippen LogP contribution in [-0.2, 0) is 0 Å². The highest BCUT2D eigenvalue weighted by Gasteiger charge is 2.10. The number of methoxy groups -OCH3 is 1. The molecule has 0 atom stereocenters. The van der Waals surface area contributed by atoms with Crippen LogP contribution < -0.4 is 20.9 Å². The van der Waals surface area contributed by atoms with Crippen LogP contribution in [0.3, 0.4) is 0 Å². The molecular formula is C23H20N4O3. The number of carbonyl (C=O) groups is 1. The average molecular weight is 400 g/mol. The monoisotopic (exact) mass is 400 g/mol. The van der Waals surface area contributed by atoms with Crippen molar-refractivity contribution in [3.05, 3.63) is 89.0 Å². The van der Waals surface area contributed by atoms with E-state index in [0.717, 1.165) is 0 Å². The molecule has 0 aliphatic rings. The van der Waals surface area contributed by atoms with Crippen molar-refractivity contribution in [1.82, 2.24) is 9.55 Å². The van der Waals surface area contributed by atoms with Crippen LogP contribution in [0.5, 0.6) is 5.75 Å². The fraction of sp³-hybridized carbons (Fsp3) is 0.0870. The van der Waals surface area contributed by atoms with Crippen LogP contribution in [0, 0.1) is 6.92 Å². The Balaban J connectivity index is 1.54. The second-order valence-electron chi connectivity index (χ2n) is 6.67. The standard InChI is InChI=1S/C23H20N4O3/c1-15-24-21-9-4-3-8-20(21)22(28)27(15)18-12-10-16(11-13-18)25-23(29)26-17-6-5-7-19(14-17)30-2/h3-14H,1-2H3,(H2,25,26,29). The number of rotatable bonds is 4. The van der Waals surface area contributed by atoms with Gasteiger partial charge >= 0.3 is 6.03 Å². The van der Waals surface area contributed by atoms with E-state index >= 15 is 0 Å². The highest BCUT2D eigenvalue weighted by atomic mass is 16.5.